The summed E-state index contributed by atoms with van der Waals surface area (Å²) in [6, 6.07) is 7.20. The van der Waals surface area contributed by atoms with Crippen molar-refractivity contribution < 1.29 is 9.59 Å². The number of nitrogens with two attached hydrogens (primary N) is 1. The quantitative estimate of drug-likeness (QED) is 0.452. The van der Waals surface area contributed by atoms with Crippen molar-refractivity contribution in [3.8, 4) is 21.7 Å². The number of amides is 2. The number of hydrogen-bond donors (Lipinski definition) is 2. The molecule has 0 aromatic carbocycles. The zero-order valence-electron chi connectivity index (χ0n) is 17.1. The molecule has 0 saturated carbocycles. The molecule has 0 spiro atoms. The highest BCUT2D eigenvalue weighted by atomic mass is 35.5. The number of aromatic nitrogens is 4. The zero-order chi connectivity index (χ0) is 20.8. The fraction of sp³-hybridized carbons (Fsp3) is 0.238. The molecule has 5 heterocycles. The Balaban J connectivity index is 0.00000144. The smallest absolute Gasteiger partial charge is 0.264 e. The Bertz CT molecular complexity index is 1280. The predicted octanol–water partition coefficient (Wildman–Crippen LogP) is 3.69. The minimum Gasteiger partial charge on any atom is -0.368 e. The number of thiophene rings is 1. The molecule has 5 rings (SSSR count). The molecular weight excluding hydrogens is 471 g/mol. The van der Waals surface area contributed by atoms with E-state index in [0.29, 0.717) is 17.8 Å². The Morgan fingerprint density at radius 3 is 2.72 bits per heavy atom. The third-order valence-corrected chi connectivity index (χ3v) is 6.65. The van der Waals surface area contributed by atoms with E-state index in [1.807, 2.05) is 48.0 Å². The Morgan fingerprint density at radius 1 is 1.19 bits per heavy atom. The van der Waals surface area contributed by atoms with Crippen molar-refractivity contribution in [2.45, 2.75) is 25.8 Å². The molecule has 0 bridgehead atoms. The van der Waals surface area contributed by atoms with Crippen LogP contribution >= 0.6 is 36.2 Å². The van der Waals surface area contributed by atoms with Gasteiger partial charge in [-0.3, -0.25) is 19.1 Å². The van der Waals surface area contributed by atoms with Crippen LogP contribution in [0.5, 0.6) is 0 Å². The molecule has 168 valence electrons. The molecule has 8 nitrogen and oxygen atoms in total. The molecular formula is C21H22Cl2N6O2S. The second kappa shape index (κ2) is 9.32. The highest BCUT2D eigenvalue weighted by molar-refractivity contribution is 7.17. The van der Waals surface area contributed by atoms with Gasteiger partial charge in [0, 0.05) is 29.6 Å². The van der Waals surface area contributed by atoms with Gasteiger partial charge in [0.2, 0.25) is 5.91 Å². The monoisotopic (exact) mass is 492 g/mol. The molecule has 0 aliphatic carbocycles. The Kier molecular flexibility index (Phi) is 6.92. The van der Waals surface area contributed by atoms with Crippen molar-refractivity contribution in [2.75, 3.05) is 6.54 Å². The van der Waals surface area contributed by atoms with Crippen LogP contribution in [0.2, 0.25) is 0 Å². The van der Waals surface area contributed by atoms with Gasteiger partial charge in [0.25, 0.3) is 5.91 Å². The molecule has 1 aliphatic rings. The fourth-order valence-electron chi connectivity index (χ4n) is 4.00. The predicted molar refractivity (Wildman–Crippen MR) is 129 cm³/mol. The third kappa shape index (κ3) is 3.99. The van der Waals surface area contributed by atoms with E-state index in [4.69, 9.17) is 5.73 Å². The second-order valence-corrected chi connectivity index (χ2v) is 8.50. The number of carbonyl (C=O) groups excluding carboxylic acids is 2. The lowest BCUT2D eigenvalue weighted by Crippen LogP contribution is -2.43. The van der Waals surface area contributed by atoms with E-state index in [2.05, 4.69) is 15.2 Å². The van der Waals surface area contributed by atoms with E-state index < -0.39 is 11.9 Å². The summed E-state index contributed by atoms with van der Waals surface area (Å²) in [5.41, 5.74) is 10.3. The van der Waals surface area contributed by atoms with Crippen LogP contribution < -0.4 is 5.73 Å². The van der Waals surface area contributed by atoms with Crippen LogP contribution in [0.15, 0.2) is 42.9 Å². The summed E-state index contributed by atoms with van der Waals surface area (Å²) in [4.78, 5) is 32.2. The Labute approximate surface area is 200 Å². The molecule has 0 unspecified atom stereocenters. The normalized spacial score (nSPS) is 15.4. The average molecular weight is 493 g/mol. The Morgan fingerprint density at radius 2 is 2.00 bits per heavy atom. The van der Waals surface area contributed by atoms with E-state index in [1.54, 1.807) is 11.1 Å². The molecule has 4 aromatic heterocycles. The summed E-state index contributed by atoms with van der Waals surface area (Å²) in [5, 5.41) is 7.06. The van der Waals surface area contributed by atoms with Gasteiger partial charge in [0.1, 0.15) is 11.7 Å². The number of aryl methyl sites for hydroxylation is 1. The van der Waals surface area contributed by atoms with E-state index in [9.17, 15) is 9.59 Å². The number of hydrogen-bond acceptors (Lipinski definition) is 5. The molecule has 11 heteroatoms. The van der Waals surface area contributed by atoms with Crippen LogP contribution in [-0.2, 0) is 4.79 Å². The van der Waals surface area contributed by atoms with Crippen LogP contribution in [0.25, 0.3) is 27.3 Å². The first kappa shape index (κ1) is 23.8. The van der Waals surface area contributed by atoms with Crippen molar-refractivity contribution in [3.05, 3.63) is 53.4 Å². The van der Waals surface area contributed by atoms with Gasteiger partial charge >= 0.3 is 0 Å². The lowest BCUT2D eigenvalue weighted by atomic mass is 10.1. The first-order chi connectivity index (χ1) is 14.5. The number of carbonyl (C=O) groups is 2. The van der Waals surface area contributed by atoms with Gasteiger partial charge in [0.15, 0.2) is 0 Å². The van der Waals surface area contributed by atoms with Gasteiger partial charge < -0.3 is 10.6 Å². The molecule has 0 radical (unpaired) electrons. The maximum atomic E-state index is 13.0. The van der Waals surface area contributed by atoms with Crippen LogP contribution in [0.4, 0.5) is 0 Å². The second-order valence-electron chi connectivity index (χ2n) is 7.42. The molecule has 1 fully saturated rings. The van der Waals surface area contributed by atoms with Gasteiger partial charge in [-0.1, -0.05) is 0 Å². The van der Waals surface area contributed by atoms with E-state index in [0.717, 1.165) is 39.5 Å². The summed E-state index contributed by atoms with van der Waals surface area (Å²) in [7, 11) is 0. The number of imidazole rings is 1. The van der Waals surface area contributed by atoms with Crippen molar-refractivity contribution >= 4 is 53.6 Å². The molecule has 1 aliphatic heterocycles. The largest absolute Gasteiger partial charge is 0.368 e. The molecule has 3 N–H and O–H groups in total. The summed E-state index contributed by atoms with van der Waals surface area (Å²) < 4.78 is 2.02. The van der Waals surface area contributed by atoms with Crippen molar-refractivity contribution in [1.82, 2.24) is 24.5 Å². The minimum atomic E-state index is -0.514. The van der Waals surface area contributed by atoms with Gasteiger partial charge in [-0.25, -0.2) is 4.98 Å². The zero-order valence-corrected chi connectivity index (χ0v) is 19.6. The maximum Gasteiger partial charge on any atom is 0.264 e. The summed E-state index contributed by atoms with van der Waals surface area (Å²) >= 11 is 1.40. The van der Waals surface area contributed by atoms with Gasteiger partial charge in [-0.05, 0) is 44.0 Å². The van der Waals surface area contributed by atoms with Gasteiger partial charge in [0.05, 0.1) is 27.8 Å². The van der Waals surface area contributed by atoms with Crippen LogP contribution in [0, 0.1) is 6.92 Å². The first-order valence-corrected chi connectivity index (χ1v) is 10.5. The number of halogens is 2. The van der Waals surface area contributed by atoms with Crippen LogP contribution in [-0.4, -0.2) is 48.9 Å². The molecule has 1 saturated heterocycles. The summed E-state index contributed by atoms with van der Waals surface area (Å²) in [6.07, 6.45) is 7.06. The number of aromatic amines is 1. The highest BCUT2D eigenvalue weighted by Crippen LogP contribution is 2.32. The van der Waals surface area contributed by atoms with Gasteiger partial charge in [-0.15, -0.1) is 36.2 Å². The number of rotatable bonds is 4. The summed E-state index contributed by atoms with van der Waals surface area (Å²) in [6.45, 7) is 2.54. The van der Waals surface area contributed by atoms with E-state index in [1.165, 1.54) is 11.3 Å². The fourth-order valence-corrected chi connectivity index (χ4v) is 4.97. The van der Waals surface area contributed by atoms with Crippen LogP contribution in [0.3, 0.4) is 0 Å². The van der Waals surface area contributed by atoms with E-state index >= 15 is 0 Å². The minimum absolute atomic E-state index is 0. The maximum absolute atomic E-state index is 13.0. The molecule has 4 aromatic rings. The van der Waals surface area contributed by atoms with Crippen LogP contribution in [0.1, 0.15) is 28.2 Å². The topological polar surface area (TPSA) is 109 Å². The van der Waals surface area contributed by atoms with Gasteiger partial charge in [-0.2, -0.15) is 5.10 Å². The van der Waals surface area contributed by atoms with Crippen molar-refractivity contribution in [2.24, 2.45) is 5.73 Å². The number of likely N-dealkylation sites (tertiary alicyclic amines) is 1. The lowest BCUT2D eigenvalue weighted by molar-refractivity contribution is -0.121. The number of primary amides is 1. The first-order valence-electron chi connectivity index (χ1n) is 9.71. The number of nitrogens with one attached hydrogen (secondary N) is 1. The molecule has 32 heavy (non-hydrogen) atoms. The van der Waals surface area contributed by atoms with Crippen molar-refractivity contribution in [1.29, 1.82) is 0 Å². The lowest BCUT2D eigenvalue weighted by Gasteiger charge is -2.21. The number of H-pyrrole nitrogens is 1. The standard InChI is InChI=1S/C21H20N6O2S.2ClH/c1-12-14(9-24-25-12)13-4-7-19-23-10-16(27(19)11-13)17-5-6-18(30-17)21(29)26-8-2-3-15(26)20(22)28;;/h4-7,9-11,15H,2-3,8H2,1H3,(H2,22,28)(H,24,25);2*1H/t15-;;/m0../s1. The SMILES string of the molecule is Cc1[nH]ncc1-c1ccc2ncc(-c3ccc(C(=O)N4CCC[C@H]4C(N)=O)s3)n2c1.Cl.Cl. The highest BCUT2D eigenvalue weighted by Gasteiger charge is 2.33. The third-order valence-electron chi connectivity index (χ3n) is 5.56. The molecule has 1 atom stereocenters. The average Bonchev–Trinajstić information content (AvgIpc) is 3.51. The Hall–Kier alpha value is -2.88. The number of pyridine rings is 1. The van der Waals surface area contributed by atoms with Crippen molar-refractivity contribution in [3.63, 3.8) is 0 Å². The number of nitrogens with zero attached hydrogens (tertiary/aromatic N) is 4. The number of fused-ring (bicyclic) bond motifs is 1. The van der Waals surface area contributed by atoms with E-state index in [-0.39, 0.29) is 30.7 Å². The summed E-state index contributed by atoms with van der Waals surface area (Å²) in [5.74, 6) is -0.586. The molecule has 2 amide bonds.